The van der Waals surface area contributed by atoms with E-state index in [1.165, 1.54) is 0 Å². The molecule has 1 aromatic heterocycles. The number of amides is 1. The van der Waals surface area contributed by atoms with Crippen LogP contribution in [0.5, 0.6) is 0 Å². The molecule has 0 aliphatic heterocycles. The second-order valence-corrected chi connectivity index (χ2v) is 8.70. The van der Waals surface area contributed by atoms with Gasteiger partial charge in [-0.1, -0.05) is 0 Å². The lowest BCUT2D eigenvalue weighted by molar-refractivity contribution is 0.0936. The lowest BCUT2D eigenvalue weighted by Crippen LogP contribution is -2.42. The van der Waals surface area contributed by atoms with Crippen LogP contribution in [0.15, 0.2) is 6.07 Å². The molecule has 0 saturated heterocycles. The molecule has 136 valence electrons. The third-order valence-corrected chi connectivity index (χ3v) is 4.17. The average molecular weight is 336 g/mol. The number of carbonyl (C=O) groups excluding carboxylic acids is 1. The van der Waals surface area contributed by atoms with Crippen LogP contribution in [0.25, 0.3) is 0 Å². The molecule has 1 fully saturated rings. The molecule has 1 heterocycles. The number of rotatable bonds is 3. The second-order valence-electron chi connectivity index (χ2n) is 8.70. The summed E-state index contributed by atoms with van der Waals surface area (Å²) >= 11 is 0. The molecule has 0 spiro atoms. The molecule has 1 saturated carbocycles. The topological polar surface area (TPSA) is 68.2 Å². The van der Waals surface area contributed by atoms with E-state index in [-0.39, 0.29) is 23.3 Å². The molecule has 1 amide bonds. The Hall–Kier alpha value is -1.72. The minimum atomic E-state index is -0.329. The van der Waals surface area contributed by atoms with E-state index in [2.05, 4.69) is 37.5 Å². The van der Waals surface area contributed by atoms with Gasteiger partial charge in [0, 0.05) is 24.6 Å². The summed E-state index contributed by atoms with van der Waals surface area (Å²) in [4.78, 5) is 11.9. The first-order valence-corrected chi connectivity index (χ1v) is 8.76. The molecule has 2 N–H and O–H groups in total. The zero-order valence-corrected chi connectivity index (χ0v) is 16.1. The minimum absolute atomic E-state index is 0.0322. The number of hydrogen-bond acceptors (Lipinski definition) is 4. The van der Waals surface area contributed by atoms with Crippen LogP contribution in [0.1, 0.15) is 72.4 Å². The maximum Gasteiger partial charge on any atom is 0.407 e. The van der Waals surface area contributed by atoms with Gasteiger partial charge < -0.3 is 15.4 Å². The van der Waals surface area contributed by atoms with Crippen LogP contribution in [0.3, 0.4) is 0 Å². The van der Waals surface area contributed by atoms with Gasteiger partial charge in [0.1, 0.15) is 11.9 Å². The summed E-state index contributed by atoms with van der Waals surface area (Å²) in [5, 5.41) is 10.9. The van der Waals surface area contributed by atoms with Crippen molar-refractivity contribution in [3.8, 4) is 0 Å². The van der Waals surface area contributed by atoms with Gasteiger partial charge in [0.05, 0.1) is 11.2 Å². The number of ether oxygens (including phenoxy) is 1. The predicted molar refractivity (Wildman–Crippen MR) is 96.5 cm³/mol. The third-order valence-electron chi connectivity index (χ3n) is 4.17. The number of alkyl carbamates (subject to hydrolysis) is 1. The van der Waals surface area contributed by atoms with E-state index in [4.69, 9.17) is 9.84 Å². The minimum Gasteiger partial charge on any atom is -0.446 e. The van der Waals surface area contributed by atoms with E-state index in [1.807, 2.05) is 32.5 Å². The van der Waals surface area contributed by atoms with E-state index in [1.54, 1.807) is 0 Å². The lowest BCUT2D eigenvalue weighted by Gasteiger charge is -2.22. The van der Waals surface area contributed by atoms with Crippen LogP contribution in [0.2, 0.25) is 0 Å². The molecule has 2 atom stereocenters. The molecule has 1 aromatic rings. The third kappa shape index (κ3) is 4.65. The fourth-order valence-electron chi connectivity index (χ4n) is 3.09. The fourth-order valence-corrected chi connectivity index (χ4v) is 3.09. The van der Waals surface area contributed by atoms with Crippen LogP contribution in [0, 0.1) is 0 Å². The molecule has 1 aliphatic carbocycles. The molecule has 6 heteroatoms. The number of aromatic nitrogens is 2. The Morgan fingerprint density at radius 3 is 2.42 bits per heavy atom. The normalized spacial score (nSPS) is 21.6. The van der Waals surface area contributed by atoms with Crippen molar-refractivity contribution in [2.75, 3.05) is 12.4 Å². The van der Waals surface area contributed by atoms with E-state index >= 15 is 0 Å². The fraction of sp³-hybridized carbons (Fsp3) is 0.778. The Morgan fingerprint density at radius 1 is 1.25 bits per heavy atom. The van der Waals surface area contributed by atoms with Crippen LogP contribution in [-0.2, 0) is 10.3 Å². The molecular weight excluding hydrogens is 304 g/mol. The van der Waals surface area contributed by atoms with E-state index in [9.17, 15) is 4.79 Å². The van der Waals surface area contributed by atoms with Crippen molar-refractivity contribution in [2.24, 2.45) is 0 Å². The lowest BCUT2D eigenvalue weighted by atomic mass is 10.0. The smallest absolute Gasteiger partial charge is 0.407 e. The highest BCUT2D eigenvalue weighted by atomic mass is 16.6. The summed E-state index contributed by atoms with van der Waals surface area (Å²) in [6.45, 7) is 12.3. The highest BCUT2D eigenvalue weighted by Crippen LogP contribution is 2.37. The number of carbonyl (C=O) groups is 1. The highest BCUT2D eigenvalue weighted by Gasteiger charge is 2.32. The molecule has 0 aromatic carbocycles. The van der Waals surface area contributed by atoms with E-state index in [0.29, 0.717) is 5.92 Å². The van der Waals surface area contributed by atoms with Crippen molar-refractivity contribution in [1.82, 2.24) is 15.1 Å². The summed E-state index contributed by atoms with van der Waals surface area (Å²) in [6, 6.07) is 2.12. The predicted octanol–water partition coefficient (Wildman–Crippen LogP) is 3.84. The van der Waals surface area contributed by atoms with E-state index in [0.717, 1.165) is 30.8 Å². The first-order chi connectivity index (χ1) is 11.0. The average Bonchev–Trinajstić information content (AvgIpc) is 3.01. The maximum atomic E-state index is 11.9. The Morgan fingerprint density at radius 2 is 1.92 bits per heavy atom. The molecule has 0 bridgehead atoms. The van der Waals surface area contributed by atoms with Crippen LogP contribution < -0.4 is 10.6 Å². The quantitative estimate of drug-likeness (QED) is 0.880. The second kappa shape index (κ2) is 6.65. The summed E-state index contributed by atoms with van der Waals surface area (Å²) in [5.41, 5.74) is 0.733. The number of hydrogen-bond donors (Lipinski definition) is 2. The molecule has 2 rings (SSSR count). The van der Waals surface area contributed by atoms with Gasteiger partial charge in [-0.3, -0.25) is 0 Å². The van der Waals surface area contributed by atoms with Gasteiger partial charge in [0.25, 0.3) is 0 Å². The molecule has 6 nitrogen and oxygen atoms in total. The Balaban J connectivity index is 2.01. The highest BCUT2D eigenvalue weighted by molar-refractivity contribution is 5.68. The van der Waals surface area contributed by atoms with Gasteiger partial charge >= 0.3 is 6.09 Å². The van der Waals surface area contributed by atoms with Crippen LogP contribution in [0.4, 0.5) is 10.6 Å². The summed E-state index contributed by atoms with van der Waals surface area (Å²) in [7, 11) is 1.92. The standard InChI is InChI=1S/C18H32N4O2/c1-17(2,3)20-16(23)24-13-9-8-12(10-13)14-11-15(19-7)22(21-14)18(4,5)6/h11-13,19H,8-10H2,1-7H3,(H,20,23)/t12-,13+/m0/s1. The van der Waals surface area contributed by atoms with Crippen molar-refractivity contribution in [3.63, 3.8) is 0 Å². The van der Waals surface area contributed by atoms with Gasteiger partial charge in [0.2, 0.25) is 0 Å². The Kier molecular flexibility index (Phi) is 5.16. The first kappa shape index (κ1) is 18.6. The van der Waals surface area contributed by atoms with Crippen molar-refractivity contribution in [3.05, 3.63) is 11.8 Å². The zero-order valence-electron chi connectivity index (χ0n) is 16.1. The largest absolute Gasteiger partial charge is 0.446 e. The summed E-state index contributed by atoms with van der Waals surface area (Å²) in [5.74, 6) is 1.36. The first-order valence-electron chi connectivity index (χ1n) is 8.76. The van der Waals surface area contributed by atoms with Crippen molar-refractivity contribution < 1.29 is 9.53 Å². The maximum absolute atomic E-state index is 11.9. The molecular formula is C18H32N4O2. The molecule has 24 heavy (non-hydrogen) atoms. The number of nitrogens with one attached hydrogen (secondary N) is 2. The van der Waals surface area contributed by atoms with Crippen molar-refractivity contribution in [2.45, 2.75) is 83.9 Å². The Labute approximate surface area is 145 Å². The van der Waals surface area contributed by atoms with Gasteiger partial charge in [-0.15, -0.1) is 0 Å². The monoisotopic (exact) mass is 336 g/mol. The summed E-state index contributed by atoms with van der Waals surface area (Å²) < 4.78 is 7.60. The number of anilines is 1. The molecule has 0 radical (unpaired) electrons. The SMILES string of the molecule is CNc1cc([C@H]2CC[C@@H](OC(=O)NC(C)(C)C)C2)nn1C(C)(C)C. The summed E-state index contributed by atoms with van der Waals surface area (Å²) in [6.07, 6.45) is 2.36. The van der Waals surface area contributed by atoms with E-state index < -0.39 is 0 Å². The zero-order chi connectivity index (χ0) is 18.1. The van der Waals surface area contributed by atoms with Gasteiger partial charge in [-0.05, 0) is 60.8 Å². The van der Waals surface area contributed by atoms with Crippen LogP contribution >= 0.6 is 0 Å². The van der Waals surface area contributed by atoms with Gasteiger partial charge in [-0.2, -0.15) is 5.10 Å². The molecule has 1 aliphatic rings. The van der Waals surface area contributed by atoms with Crippen molar-refractivity contribution in [1.29, 1.82) is 0 Å². The van der Waals surface area contributed by atoms with Crippen molar-refractivity contribution >= 4 is 11.9 Å². The number of nitrogens with zero attached hydrogens (tertiary/aromatic N) is 2. The molecule has 0 unspecified atom stereocenters. The van der Waals surface area contributed by atoms with Gasteiger partial charge in [-0.25, -0.2) is 9.48 Å². The van der Waals surface area contributed by atoms with Gasteiger partial charge in [0.15, 0.2) is 0 Å². The van der Waals surface area contributed by atoms with Crippen LogP contribution in [-0.4, -0.2) is 34.6 Å². The Bertz CT molecular complexity index is 581.